The Bertz CT molecular complexity index is 394. The molecule has 1 aromatic rings. The Kier molecular flexibility index (Phi) is 3.87. The molecule has 0 aliphatic heterocycles. The van der Waals surface area contributed by atoms with E-state index in [0.29, 0.717) is 0 Å². The fourth-order valence-electron chi connectivity index (χ4n) is 0.588. The number of nitroso groups, excluding NO2 is 1. The summed E-state index contributed by atoms with van der Waals surface area (Å²) >= 11 is 0. The molecule has 0 aromatic carbocycles. The standard InChI is InChI=1S/C4H4N4O3.Na/c5-2-1(8-11)3(9)7-4(10)6-2;/h(H4,5,6,7,9,10);. The molecule has 1 radical (unpaired) electrons. The first-order valence-electron chi connectivity index (χ1n) is 2.60. The molecule has 0 spiro atoms. The third kappa shape index (κ3) is 2.03. The second-order valence-electron chi connectivity index (χ2n) is 1.76. The van der Waals surface area contributed by atoms with Gasteiger partial charge in [0.25, 0.3) is 5.56 Å². The summed E-state index contributed by atoms with van der Waals surface area (Å²) in [6.07, 6.45) is 0. The van der Waals surface area contributed by atoms with Crippen LogP contribution in [-0.4, -0.2) is 39.5 Å². The SMILES string of the molecule is Nc1[nH]c(=O)[nH]c(=O)c1N=O.[Na]. The van der Waals surface area contributed by atoms with E-state index in [1.54, 1.807) is 4.98 Å². The van der Waals surface area contributed by atoms with Crippen molar-refractivity contribution in [1.82, 2.24) is 9.97 Å². The molecule has 0 aliphatic rings. The van der Waals surface area contributed by atoms with Gasteiger partial charge >= 0.3 is 5.69 Å². The van der Waals surface area contributed by atoms with Crippen LogP contribution in [0.25, 0.3) is 0 Å². The molecular formula is C4H4N4NaO3. The number of aromatic amines is 2. The summed E-state index contributed by atoms with van der Waals surface area (Å²) in [4.78, 5) is 34.8. The molecule has 0 amide bonds. The first-order valence-corrected chi connectivity index (χ1v) is 2.60. The van der Waals surface area contributed by atoms with Gasteiger partial charge in [-0.05, 0) is 5.18 Å². The van der Waals surface area contributed by atoms with Gasteiger partial charge in [-0.3, -0.25) is 14.8 Å². The van der Waals surface area contributed by atoms with E-state index in [9.17, 15) is 14.5 Å². The van der Waals surface area contributed by atoms with Crippen LogP contribution in [0.4, 0.5) is 11.5 Å². The van der Waals surface area contributed by atoms with E-state index in [2.05, 4.69) is 5.18 Å². The smallest absolute Gasteiger partial charge is 0.327 e. The Balaban J connectivity index is 0.00000121. The number of hydrogen-bond acceptors (Lipinski definition) is 5. The second kappa shape index (κ2) is 4.19. The molecule has 1 rings (SSSR count). The molecule has 1 aromatic heterocycles. The normalized spacial score (nSPS) is 8.67. The van der Waals surface area contributed by atoms with Gasteiger partial charge in [0.05, 0.1) is 0 Å². The predicted octanol–water partition coefficient (Wildman–Crippen LogP) is -1.34. The van der Waals surface area contributed by atoms with Crippen LogP contribution in [0.15, 0.2) is 14.8 Å². The molecule has 0 atom stereocenters. The van der Waals surface area contributed by atoms with E-state index in [1.807, 2.05) is 4.98 Å². The third-order valence-electron chi connectivity index (χ3n) is 1.04. The number of aromatic nitrogens is 2. The number of hydrogen-bond donors (Lipinski definition) is 3. The van der Waals surface area contributed by atoms with Crippen LogP contribution in [-0.2, 0) is 0 Å². The van der Waals surface area contributed by atoms with Crippen molar-refractivity contribution in [3.05, 3.63) is 25.7 Å². The zero-order valence-electron chi connectivity index (χ0n) is 6.25. The molecule has 4 N–H and O–H groups in total. The van der Waals surface area contributed by atoms with Crippen molar-refractivity contribution < 1.29 is 0 Å². The third-order valence-corrected chi connectivity index (χ3v) is 1.04. The maximum absolute atomic E-state index is 10.6. The van der Waals surface area contributed by atoms with Gasteiger partial charge in [-0.2, -0.15) is 0 Å². The van der Waals surface area contributed by atoms with Crippen molar-refractivity contribution in [2.75, 3.05) is 5.73 Å². The quantitative estimate of drug-likeness (QED) is 0.365. The number of nitrogens with one attached hydrogen (secondary N) is 2. The number of H-pyrrole nitrogens is 2. The molecule has 1 heterocycles. The van der Waals surface area contributed by atoms with Gasteiger partial charge in [-0.15, -0.1) is 4.91 Å². The molecule has 8 heteroatoms. The summed E-state index contributed by atoms with van der Waals surface area (Å²) in [6.45, 7) is 0. The molecule has 0 bridgehead atoms. The molecule has 0 aliphatic carbocycles. The van der Waals surface area contributed by atoms with Gasteiger partial charge in [0.15, 0.2) is 0 Å². The summed E-state index contributed by atoms with van der Waals surface area (Å²) in [6, 6.07) is 0. The Morgan fingerprint density at radius 1 is 1.25 bits per heavy atom. The summed E-state index contributed by atoms with van der Waals surface area (Å²) in [5, 5.41) is 2.32. The van der Waals surface area contributed by atoms with E-state index in [4.69, 9.17) is 5.73 Å². The van der Waals surface area contributed by atoms with E-state index < -0.39 is 16.9 Å². The average Bonchev–Trinajstić information content (AvgIpc) is 1.85. The van der Waals surface area contributed by atoms with Gasteiger partial charge in [-0.25, -0.2) is 4.79 Å². The zero-order valence-corrected chi connectivity index (χ0v) is 8.25. The molecule has 59 valence electrons. The van der Waals surface area contributed by atoms with Crippen LogP contribution in [0, 0.1) is 4.91 Å². The largest absolute Gasteiger partial charge is 0.383 e. The van der Waals surface area contributed by atoms with Crippen molar-refractivity contribution in [3.8, 4) is 0 Å². The summed E-state index contributed by atoms with van der Waals surface area (Å²) in [5.41, 5.74) is 2.90. The Morgan fingerprint density at radius 2 is 1.83 bits per heavy atom. The number of anilines is 1. The number of nitrogens with two attached hydrogens (primary N) is 1. The topological polar surface area (TPSA) is 121 Å². The van der Waals surface area contributed by atoms with Crippen LogP contribution < -0.4 is 17.0 Å². The van der Waals surface area contributed by atoms with Crippen molar-refractivity contribution in [3.63, 3.8) is 0 Å². The van der Waals surface area contributed by atoms with Crippen LogP contribution in [0.1, 0.15) is 0 Å². The monoisotopic (exact) mass is 179 g/mol. The fourth-order valence-corrected chi connectivity index (χ4v) is 0.588. The molecule has 12 heavy (non-hydrogen) atoms. The van der Waals surface area contributed by atoms with E-state index in [-0.39, 0.29) is 35.4 Å². The number of rotatable bonds is 1. The van der Waals surface area contributed by atoms with Gasteiger partial charge in [-0.1, -0.05) is 0 Å². The van der Waals surface area contributed by atoms with Gasteiger partial charge in [0.2, 0.25) is 5.69 Å². The first kappa shape index (κ1) is 11.1. The fraction of sp³-hybridized carbons (Fsp3) is 0. The van der Waals surface area contributed by atoms with Crippen LogP contribution >= 0.6 is 0 Å². The Morgan fingerprint density at radius 3 is 2.25 bits per heavy atom. The summed E-state index contributed by atoms with van der Waals surface area (Å²) in [7, 11) is 0. The van der Waals surface area contributed by atoms with E-state index in [0.717, 1.165) is 0 Å². The first-order chi connectivity index (χ1) is 5.15. The number of nitrogen functional groups attached to an aromatic ring is 1. The molecule has 0 saturated heterocycles. The summed E-state index contributed by atoms with van der Waals surface area (Å²) in [5.74, 6) is -0.325. The van der Waals surface area contributed by atoms with Crippen LogP contribution in [0.2, 0.25) is 0 Å². The maximum Gasteiger partial charge on any atom is 0.327 e. The van der Waals surface area contributed by atoms with Crippen molar-refractivity contribution >= 4 is 41.1 Å². The minimum atomic E-state index is -0.888. The van der Waals surface area contributed by atoms with Gasteiger partial charge in [0.1, 0.15) is 5.82 Å². The Hall–Kier alpha value is -0.920. The van der Waals surface area contributed by atoms with E-state index >= 15 is 0 Å². The van der Waals surface area contributed by atoms with Crippen molar-refractivity contribution in [2.24, 2.45) is 5.18 Å². The minimum Gasteiger partial charge on any atom is -0.383 e. The molecule has 7 nitrogen and oxygen atoms in total. The zero-order chi connectivity index (χ0) is 8.43. The molecule has 0 saturated carbocycles. The Labute approximate surface area is 87.6 Å². The van der Waals surface area contributed by atoms with Crippen molar-refractivity contribution in [1.29, 1.82) is 0 Å². The van der Waals surface area contributed by atoms with E-state index in [1.165, 1.54) is 0 Å². The second-order valence-corrected chi connectivity index (χ2v) is 1.76. The number of nitrogens with zero attached hydrogens (tertiary/aromatic N) is 1. The maximum atomic E-state index is 10.6. The minimum absolute atomic E-state index is 0. The average molecular weight is 179 g/mol. The predicted molar refractivity (Wildman–Crippen MR) is 43.3 cm³/mol. The molecule has 0 fully saturated rings. The van der Waals surface area contributed by atoms with Gasteiger partial charge < -0.3 is 5.73 Å². The molecule has 0 unspecified atom stereocenters. The summed E-state index contributed by atoms with van der Waals surface area (Å²) < 4.78 is 0. The van der Waals surface area contributed by atoms with Crippen molar-refractivity contribution in [2.45, 2.75) is 0 Å². The van der Waals surface area contributed by atoms with Crippen LogP contribution in [0.5, 0.6) is 0 Å². The van der Waals surface area contributed by atoms with Crippen LogP contribution in [0.3, 0.4) is 0 Å². The van der Waals surface area contributed by atoms with Gasteiger partial charge in [0, 0.05) is 29.6 Å². The molecular weight excluding hydrogens is 175 g/mol.